The minimum atomic E-state index is -0.125. The van der Waals surface area contributed by atoms with Crippen LogP contribution in [0, 0.1) is 0 Å². The summed E-state index contributed by atoms with van der Waals surface area (Å²) in [6.45, 7) is 1.39. The van der Waals surface area contributed by atoms with Gasteiger partial charge in [-0.05, 0) is 62.8 Å². The number of aromatic nitrogens is 1. The lowest BCUT2D eigenvalue weighted by Crippen LogP contribution is -2.16. The number of ether oxygens (including phenoxy) is 2. The second kappa shape index (κ2) is 8.18. The van der Waals surface area contributed by atoms with Gasteiger partial charge in [0.2, 0.25) is 0 Å². The van der Waals surface area contributed by atoms with E-state index in [1.165, 1.54) is 29.8 Å². The maximum atomic E-state index is 12.5. The Hall–Kier alpha value is -1.92. The molecule has 1 aliphatic carbocycles. The number of thiazole rings is 1. The molecular formula is C20H24N2O3S. The number of nitrogens with one attached hydrogen (secondary N) is 1. The van der Waals surface area contributed by atoms with E-state index in [2.05, 4.69) is 10.3 Å². The highest BCUT2D eigenvalue weighted by atomic mass is 32.1. The average Bonchev–Trinajstić information content (AvgIpc) is 3.26. The summed E-state index contributed by atoms with van der Waals surface area (Å²) in [5.74, 6) is 0.637. The van der Waals surface area contributed by atoms with Gasteiger partial charge in [-0.2, -0.15) is 0 Å². The van der Waals surface area contributed by atoms with Gasteiger partial charge in [0.05, 0.1) is 11.8 Å². The second-order valence-electron chi connectivity index (χ2n) is 6.87. The van der Waals surface area contributed by atoms with Gasteiger partial charge in [0, 0.05) is 17.0 Å². The highest BCUT2D eigenvalue weighted by molar-refractivity contribution is 7.15. The summed E-state index contributed by atoms with van der Waals surface area (Å²) in [7, 11) is 0. The van der Waals surface area contributed by atoms with Crippen LogP contribution in [-0.4, -0.2) is 30.2 Å². The number of nitrogens with zero attached hydrogens (tertiary/aromatic N) is 1. The van der Waals surface area contributed by atoms with Crippen LogP contribution in [0.15, 0.2) is 24.3 Å². The summed E-state index contributed by atoms with van der Waals surface area (Å²) < 4.78 is 11.3. The van der Waals surface area contributed by atoms with Crippen LogP contribution in [0.25, 0.3) is 0 Å². The lowest BCUT2D eigenvalue weighted by molar-refractivity contribution is 0.0679. The second-order valence-corrected chi connectivity index (χ2v) is 7.96. The number of carbonyl (C=O) groups excluding carboxylic acids is 1. The summed E-state index contributed by atoms with van der Waals surface area (Å²) in [4.78, 5) is 18.4. The van der Waals surface area contributed by atoms with Crippen molar-refractivity contribution in [2.24, 2.45) is 0 Å². The smallest absolute Gasteiger partial charge is 0.257 e. The first kappa shape index (κ1) is 17.5. The fourth-order valence-corrected chi connectivity index (χ4v) is 4.46. The van der Waals surface area contributed by atoms with Crippen LogP contribution >= 0.6 is 11.3 Å². The molecule has 1 unspecified atom stereocenters. The van der Waals surface area contributed by atoms with Crippen LogP contribution in [0.5, 0.6) is 5.75 Å². The Morgan fingerprint density at radius 2 is 2.04 bits per heavy atom. The van der Waals surface area contributed by atoms with E-state index in [1.807, 2.05) is 12.1 Å². The molecule has 1 N–H and O–H groups in total. The fraction of sp³-hybridized carbons (Fsp3) is 0.500. The van der Waals surface area contributed by atoms with Gasteiger partial charge < -0.3 is 9.47 Å². The predicted octanol–water partition coefficient (Wildman–Crippen LogP) is 4.22. The van der Waals surface area contributed by atoms with Crippen LogP contribution in [0.4, 0.5) is 5.13 Å². The monoisotopic (exact) mass is 372 g/mol. The molecule has 26 heavy (non-hydrogen) atoms. The molecule has 0 bridgehead atoms. The minimum Gasteiger partial charge on any atom is -0.491 e. The van der Waals surface area contributed by atoms with E-state index in [0.29, 0.717) is 17.3 Å². The number of hydrogen-bond acceptors (Lipinski definition) is 5. The average molecular weight is 372 g/mol. The molecule has 1 aromatic heterocycles. The lowest BCUT2D eigenvalue weighted by Gasteiger charge is -2.11. The van der Waals surface area contributed by atoms with E-state index in [1.54, 1.807) is 23.5 Å². The summed E-state index contributed by atoms with van der Waals surface area (Å²) in [6, 6.07) is 7.25. The van der Waals surface area contributed by atoms with E-state index in [-0.39, 0.29) is 12.0 Å². The Bertz CT molecular complexity index is 727. The third-order valence-corrected chi connectivity index (χ3v) is 5.97. The van der Waals surface area contributed by atoms with Crippen molar-refractivity contribution in [3.8, 4) is 5.75 Å². The highest BCUT2D eigenvalue weighted by Crippen LogP contribution is 2.29. The first-order valence-electron chi connectivity index (χ1n) is 9.42. The number of benzene rings is 1. The van der Waals surface area contributed by atoms with Gasteiger partial charge >= 0.3 is 0 Å². The Labute approximate surface area is 157 Å². The van der Waals surface area contributed by atoms with E-state index in [4.69, 9.17) is 9.47 Å². The van der Waals surface area contributed by atoms with Gasteiger partial charge in [-0.1, -0.05) is 6.42 Å². The first-order chi connectivity index (χ1) is 12.8. The van der Waals surface area contributed by atoms with Crippen LogP contribution in [0.2, 0.25) is 0 Å². The Kier molecular flexibility index (Phi) is 5.51. The van der Waals surface area contributed by atoms with Crippen LogP contribution in [0.3, 0.4) is 0 Å². The van der Waals surface area contributed by atoms with Crippen molar-refractivity contribution >= 4 is 22.4 Å². The number of fused-ring (bicyclic) bond motifs is 1. The number of aryl methyl sites for hydroxylation is 2. The van der Waals surface area contributed by atoms with Gasteiger partial charge in [-0.25, -0.2) is 4.98 Å². The molecule has 1 saturated heterocycles. The standard InChI is InChI=1S/C20H24N2O3S/c23-19(22-20-21-17-6-2-1-3-7-18(17)26-20)14-8-10-15(11-9-14)25-13-16-5-4-12-24-16/h8-11,16H,1-7,12-13H2,(H,21,22,23). The molecular weight excluding hydrogens is 348 g/mol. The molecule has 1 aliphatic heterocycles. The number of carbonyl (C=O) groups is 1. The zero-order chi connectivity index (χ0) is 17.8. The molecule has 1 aromatic carbocycles. The predicted molar refractivity (Wildman–Crippen MR) is 102 cm³/mol. The van der Waals surface area contributed by atoms with Gasteiger partial charge in [0.25, 0.3) is 5.91 Å². The molecule has 4 rings (SSSR count). The number of hydrogen-bond donors (Lipinski definition) is 1. The summed E-state index contributed by atoms with van der Waals surface area (Å²) in [6.07, 6.45) is 8.14. The third-order valence-electron chi connectivity index (χ3n) is 4.89. The number of anilines is 1. The van der Waals surface area contributed by atoms with E-state index >= 15 is 0 Å². The normalized spacial score (nSPS) is 19.6. The first-order valence-corrected chi connectivity index (χ1v) is 10.2. The minimum absolute atomic E-state index is 0.125. The molecule has 6 heteroatoms. The van der Waals surface area contributed by atoms with Crippen molar-refractivity contribution in [2.75, 3.05) is 18.5 Å². The van der Waals surface area contributed by atoms with Crippen LogP contribution in [-0.2, 0) is 17.6 Å². The van der Waals surface area contributed by atoms with Crippen LogP contribution < -0.4 is 10.1 Å². The van der Waals surface area contributed by atoms with Crippen molar-refractivity contribution < 1.29 is 14.3 Å². The number of amides is 1. The SMILES string of the molecule is O=C(Nc1nc2c(s1)CCCCC2)c1ccc(OCC2CCCO2)cc1. The molecule has 0 spiro atoms. The van der Waals surface area contributed by atoms with Crippen molar-refractivity contribution in [3.05, 3.63) is 40.4 Å². The maximum absolute atomic E-state index is 12.5. The van der Waals surface area contributed by atoms with Gasteiger partial charge in [-0.3, -0.25) is 10.1 Å². The quantitative estimate of drug-likeness (QED) is 0.798. The lowest BCUT2D eigenvalue weighted by atomic mass is 10.2. The Morgan fingerprint density at radius 1 is 1.19 bits per heavy atom. The van der Waals surface area contributed by atoms with E-state index in [9.17, 15) is 4.79 Å². The van der Waals surface area contributed by atoms with Crippen LogP contribution in [0.1, 0.15) is 53.0 Å². The largest absolute Gasteiger partial charge is 0.491 e. The third kappa shape index (κ3) is 4.24. The Morgan fingerprint density at radius 3 is 2.85 bits per heavy atom. The van der Waals surface area contributed by atoms with Crippen molar-refractivity contribution in [1.29, 1.82) is 0 Å². The zero-order valence-electron chi connectivity index (χ0n) is 14.8. The number of rotatable bonds is 5. The fourth-order valence-electron chi connectivity index (χ4n) is 3.42. The van der Waals surface area contributed by atoms with Crippen molar-refractivity contribution in [3.63, 3.8) is 0 Å². The van der Waals surface area contributed by atoms with Gasteiger partial charge in [0.1, 0.15) is 12.4 Å². The molecule has 1 fully saturated rings. The summed E-state index contributed by atoms with van der Waals surface area (Å²) >= 11 is 1.62. The van der Waals surface area contributed by atoms with Gasteiger partial charge in [-0.15, -0.1) is 11.3 Å². The maximum Gasteiger partial charge on any atom is 0.257 e. The topological polar surface area (TPSA) is 60.5 Å². The van der Waals surface area contributed by atoms with Gasteiger partial charge in [0.15, 0.2) is 5.13 Å². The van der Waals surface area contributed by atoms with Crippen molar-refractivity contribution in [2.45, 2.75) is 51.0 Å². The molecule has 2 heterocycles. The highest BCUT2D eigenvalue weighted by Gasteiger charge is 2.17. The summed E-state index contributed by atoms with van der Waals surface area (Å²) in [5, 5.41) is 3.65. The Balaban J connectivity index is 1.34. The molecule has 0 saturated carbocycles. The molecule has 2 aliphatic rings. The van der Waals surface area contributed by atoms with Crippen molar-refractivity contribution in [1.82, 2.24) is 4.98 Å². The van der Waals surface area contributed by atoms with E-state index in [0.717, 1.165) is 38.0 Å². The molecule has 1 amide bonds. The summed E-state index contributed by atoms with van der Waals surface area (Å²) in [5.41, 5.74) is 1.78. The zero-order valence-corrected chi connectivity index (χ0v) is 15.6. The molecule has 2 aromatic rings. The van der Waals surface area contributed by atoms with E-state index < -0.39 is 0 Å². The molecule has 138 valence electrons. The molecule has 1 atom stereocenters. The molecule has 0 radical (unpaired) electrons. The molecule has 5 nitrogen and oxygen atoms in total.